The molecule has 2 heterocycles. The number of nitrogens with zero attached hydrogens (tertiary/aromatic N) is 3. The molecule has 0 spiro atoms. The zero-order valence-corrected chi connectivity index (χ0v) is 18.0. The van der Waals surface area contributed by atoms with Crippen molar-refractivity contribution in [1.82, 2.24) is 20.7 Å². The fourth-order valence-corrected chi connectivity index (χ4v) is 3.67. The first-order valence-corrected chi connectivity index (χ1v) is 9.40. The molecule has 1 saturated carbocycles. The van der Waals surface area contributed by atoms with E-state index in [1.54, 1.807) is 7.05 Å². The van der Waals surface area contributed by atoms with Gasteiger partial charge in [-0.15, -0.1) is 24.0 Å². The first kappa shape index (κ1) is 21.0. The van der Waals surface area contributed by atoms with Crippen molar-refractivity contribution in [3.8, 4) is 0 Å². The Morgan fingerprint density at radius 2 is 2.15 bits per heavy atom. The Balaban J connectivity index is 0.00000243. The summed E-state index contributed by atoms with van der Waals surface area (Å²) in [5.41, 5.74) is 0.955. The number of amides is 1. The van der Waals surface area contributed by atoms with E-state index in [0.29, 0.717) is 12.5 Å². The van der Waals surface area contributed by atoms with Crippen molar-refractivity contribution in [3.05, 3.63) is 17.5 Å². The van der Waals surface area contributed by atoms with Gasteiger partial charge in [0, 0.05) is 38.2 Å². The molecule has 1 amide bonds. The summed E-state index contributed by atoms with van der Waals surface area (Å²) in [4.78, 5) is 18.8. The second kappa shape index (κ2) is 10.1. The number of rotatable bonds is 5. The van der Waals surface area contributed by atoms with Gasteiger partial charge in [0.2, 0.25) is 5.91 Å². The summed E-state index contributed by atoms with van der Waals surface area (Å²) >= 11 is 0. The van der Waals surface area contributed by atoms with Gasteiger partial charge in [-0.1, -0.05) is 24.9 Å². The number of aryl methyl sites for hydroxylation is 1. The van der Waals surface area contributed by atoms with E-state index in [0.717, 1.165) is 56.2 Å². The Kier molecular flexibility index (Phi) is 8.17. The number of carbonyl (C=O) groups is 1. The molecule has 2 aliphatic rings. The monoisotopic (exact) mass is 475 g/mol. The summed E-state index contributed by atoms with van der Waals surface area (Å²) in [5.74, 6) is 2.13. The van der Waals surface area contributed by atoms with Gasteiger partial charge in [-0.25, -0.2) is 0 Å². The van der Waals surface area contributed by atoms with Crippen LogP contribution in [0.4, 0.5) is 0 Å². The highest BCUT2D eigenvalue weighted by Crippen LogP contribution is 2.27. The fraction of sp³-hybridized carbons (Fsp3) is 0.722. The zero-order chi connectivity index (χ0) is 17.6. The maximum absolute atomic E-state index is 12.5. The van der Waals surface area contributed by atoms with Gasteiger partial charge in [0.1, 0.15) is 0 Å². The van der Waals surface area contributed by atoms with Crippen LogP contribution in [0.2, 0.25) is 0 Å². The Bertz CT molecular complexity index is 612. The van der Waals surface area contributed by atoms with Crippen LogP contribution in [0.3, 0.4) is 0 Å². The lowest BCUT2D eigenvalue weighted by atomic mass is 10.1. The highest BCUT2D eigenvalue weighted by molar-refractivity contribution is 14.0. The predicted octanol–water partition coefficient (Wildman–Crippen LogP) is 2.31. The largest absolute Gasteiger partial charge is 0.359 e. The molecular formula is C18H30IN5O2. The molecule has 1 aliphatic heterocycles. The molecule has 0 bridgehead atoms. The average Bonchev–Trinajstić information content (AvgIpc) is 3.39. The van der Waals surface area contributed by atoms with Crippen LogP contribution in [0.15, 0.2) is 15.6 Å². The van der Waals surface area contributed by atoms with Gasteiger partial charge < -0.3 is 20.1 Å². The molecule has 1 atom stereocenters. The first-order chi connectivity index (χ1) is 12.2. The number of carbonyl (C=O) groups excluding carboxylic acids is 1. The fourth-order valence-electron chi connectivity index (χ4n) is 3.67. The third-order valence-corrected chi connectivity index (χ3v) is 5.17. The van der Waals surface area contributed by atoms with Gasteiger partial charge in [-0.3, -0.25) is 9.79 Å². The standard InChI is InChI=1S/C18H29N5O2.HI/c1-3-14-10-16(25-22-14)11-20-18(19-2)21-15-8-9-23(12-15)17(24)13-6-4-5-7-13;/h10,13,15H,3-9,11-12H2,1-2H3,(H2,19,20,21);1H. The summed E-state index contributed by atoms with van der Waals surface area (Å²) in [6, 6.07) is 2.20. The molecule has 1 unspecified atom stereocenters. The lowest BCUT2D eigenvalue weighted by molar-refractivity contribution is -0.134. The van der Waals surface area contributed by atoms with E-state index < -0.39 is 0 Å². The highest BCUT2D eigenvalue weighted by Gasteiger charge is 2.32. The number of hydrogen-bond acceptors (Lipinski definition) is 4. The predicted molar refractivity (Wildman–Crippen MR) is 112 cm³/mol. The smallest absolute Gasteiger partial charge is 0.225 e. The van der Waals surface area contributed by atoms with E-state index in [9.17, 15) is 4.79 Å². The Hall–Kier alpha value is -1.32. The molecule has 2 fully saturated rings. The van der Waals surface area contributed by atoms with E-state index in [2.05, 4.69) is 20.8 Å². The van der Waals surface area contributed by atoms with Crippen molar-refractivity contribution in [2.75, 3.05) is 20.1 Å². The molecule has 1 aromatic heterocycles. The number of aliphatic imine (C=N–C) groups is 1. The van der Waals surface area contributed by atoms with E-state index in [1.165, 1.54) is 12.8 Å². The van der Waals surface area contributed by atoms with E-state index in [-0.39, 0.29) is 35.9 Å². The number of hydrogen-bond donors (Lipinski definition) is 2. The summed E-state index contributed by atoms with van der Waals surface area (Å²) < 4.78 is 5.28. The van der Waals surface area contributed by atoms with E-state index in [1.807, 2.05) is 17.9 Å². The summed E-state index contributed by atoms with van der Waals surface area (Å²) in [6.45, 7) is 4.20. The lowest BCUT2D eigenvalue weighted by Crippen LogP contribution is -2.45. The van der Waals surface area contributed by atoms with Crippen molar-refractivity contribution >= 4 is 35.8 Å². The van der Waals surface area contributed by atoms with Gasteiger partial charge in [0.05, 0.1) is 12.2 Å². The van der Waals surface area contributed by atoms with Crippen LogP contribution in [0.25, 0.3) is 0 Å². The molecule has 3 rings (SSSR count). The second-order valence-corrected chi connectivity index (χ2v) is 6.96. The van der Waals surface area contributed by atoms with Crippen molar-refractivity contribution in [3.63, 3.8) is 0 Å². The molecule has 146 valence electrons. The summed E-state index contributed by atoms with van der Waals surface area (Å²) in [6.07, 6.45) is 6.35. The van der Waals surface area contributed by atoms with Gasteiger partial charge in [-0.2, -0.15) is 0 Å². The maximum atomic E-state index is 12.5. The molecule has 2 N–H and O–H groups in total. The van der Waals surface area contributed by atoms with Crippen LogP contribution < -0.4 is 10.6 Å². The van der Waals surface area contributed by atoms with Gasteiger partial charge in [-0.05, 0) is 25.7 Å². The maximum Gasteiger partial charge on any atom is 0.225 e. The number of nitrogens with one attached hydrogen (secondary N) is 2. The van der Waals surface area contributed by atoms with Crippen molar-refractivity contribution < 1.29 is 9.32 Å². The van der Waals surface area contributed by atoms with Crippen molar-refractivity contribution in [2.24, 2.45) is 10.9 Å². The third kappa shape index (κ3) is 5.34. The minimum absolute atomic E-state index is 0. The Labute approximate surface area is 172 Å². The Morgan fingerprint density at radius 3 is 2.81 bits per heavy atom. The van der Waals surface area contributed by atoms with Crippen LogP contribution in [0.1, 0.15) is 50.5 Å². The molecule has 26 heavy (non-hydrogen) atoms. The molecular weight excluding hydrogens is 445 g/mol. The molecule has 1 aromatic rings. The number of likely N-dealkylation sites (tertiary alicyclic amines) is 1. The summed E-state index contributed by atoms with van der Waals surface area (Å²) in [7, 11) is 1.75. The second-order valence-electron chi connectivity index (χ2n) is 6.96. The number of halogens is 1. The van der Waals surface area contributed by atoms with Gasteiger partial charge in [0.25, 0.3) is 0 Å². The molecule has 1 saturated heterocycles. The van der Waals surface area contributed by atoms with Gasteiger partial charge in [0.15, 0.2) is 11.7 Å². The Morgan fingerprint density at radius 1 is 1.38 bits per heavy atom. The lowest BCUT2D eigenvalue weighted by Gasteiger charge is -2.21. The van der Waals surface area contributed by atoms with Gasteiger partial charge >= 0.3 is 0 Å². The van der Waals surface area contributed by atoms with Crippen LogP contribution in [0, 0.1) is 5.92 Å². The molecule has 1 aliphatic carbocycles. The van der Waals surface area contributed by atoms with Crippen molar-refractivity contribution in [1.29, 1.82) is 0 Å². The minimum Gasteiger partial charge on any atom is -0.359 e. The highest BCUT2D eigenvalue weighted by atomic mass is 127. The quantitative estimate of drug-likeness (QED) is 0.388. The van der Waals surface area contributed by atoms with Crippen LogP contribution in [-0.2, 0) is 17.8 Å². The van der Waals surface area contributed by atoms with Crippen molar-refractivity contribution in [2.45, 2.75) is 58.0 Å². The first-order valence-electron chi connectivity index (χ1n) is 9.40. The third-order valence-electron chi connectivity index (χ3n) is 5.17. The molecule has 7 nitrogen and oxygen atoms in total. The number of guanidine groups is 1. The average molecular weight is 475 g/mol. The van der Waals surface area contributed by atoms with Crippen LogP contribution in [-0.4, -0.2) is 48.1 Å². The zero-order valence-electron chi connectivity index (χ0n) is 15.7. The topological polar surface area (TPSA) is 82.8 Å². The SMILES string of the molecule is CCc1cc(CNC(=NC)NC2CCN(C(=O)C3CCCC3)C2)on1.I. The van der Waals surface area contributed by atoms with Crippen LogP contribution >= 0.6 is 24.0 Å². The summed E-state index contributed by atoms with van der Waals surface area (Å²) in [5, 5.41) is 10.7. The molecule has 0 aromatic carbocycles. The van der Waals surface area contributed by atoms with E-state index >= 15 is 0 Å². The van der Waals surface area contributed by atoms with E-state index in [4.69, 9.17) is 4.52 Å². The van der Waals surface area contributed by atoms with Crippen LogP contribution in [0.5, 0.6) is 0 Å². The number of aromatic nitrogens is 1. The molecule has 8 heteroatoms. The minimum atomic E-state index is 0. The molecule has 0 radical (unpaired) electrons. The normalized spacial score (nSPS) is 20.9.